The number of methoxy groups -OCH3 is 2. The van der Waals surface area contributed by atoms with Gasteiger partial charge in [0, 0.05) is 5.56 Å². The molecule has 4 nitrogen and oxygen atoms in total. The topological polar surface area (TPSA) is 48.4 Å². The molecule has 0 saturated heterocycles. The van der Waals surface area contributed by atoms with Crippen LogP contribution in [0.5, 0.6) is 5.75 Å². The second kappa shape index (κ2) is 6.45. The van der Waals surface area contributed by atoms with Gasteiger partial charge in [-0.3, -0.25) is 0 Å². The summed E-state index contributed by atoms with van der Waals surface area (Å²) in [5.41, 5.74) is -0.407. The number of aromatic nitrogens is 1. The van der Waals surface area contributed by atoms with Crippen LogP contribution in [0.15, 0.2) is 30.3 Å². The predicted molar refractivity (Wildman–Crippen MR) is 77.6 cm³/mol. The van der Waals surface area contributed by atoms with Crippen LogP contribution in [0.3, 0.4) is 0 Å². The maximum absolute atomic E-state index is 12.9. The Morgan fingerprint density at radius 3 is 2.43 bits per heavy atom. The minimum absolute atomic E-state index is 0.0828. The van der Waals surface area contributed by atoms with Gasteiger partial charge in [-0.2, -0.15) is 13.2 Å². The molecule has 0 radical (unpaired) electrons. The summed E-state index contributed by atoms with van der Waals surface area (Å²) in [7, 11) is 2.32. The van der Waals surface area contributed by atoms with Gasteiger partial charge >= 0.3 is 12.1 Å². The lowest BCUT2D eigenvalue weighted by Gasteiger charge is -2.13. The lowest BCUT2D eigenvalue weighted by molar-refractivity contribution is -0.138. The predicted octanol–water partition coefficient (Wildman–Crippen LogP) is 4.22. The van der Waals surface area contributed by atoms with Crippen molar-refractivity contribution in [2.75, 3.05) is 14.2 Å². The Balaban J connectivity index is 2.53. The molecule has 1 aromatic heterocycles. The Morgan fingerprint density at radius 1 is 1.17 bits per heavy atom. The van der Waals surface area contributed by atoms with Crippen molar-refractivity contribution in [2.24, 2.45) is 0 Å². The lowest BCUT2D eigenvalue weighted by atomic mass is 10.1. The summed E-state index contributed by atoms with van der Waals surface area (Å²) in [6.07, 6.45) is -4.53. The number of nitrogens with zero attached hydrogens (tertiary/aromatic N) is 1. The maximum atomic E-state index is 12.9. The Morgan fingerprint density at radius 2 is 1.87 bits per heavy atom. The largest absolute Gasteiger partial charge is 0.496 e. The number of ether oxygens (including phenoxy) is 2. The monoisotopic (exact) mass is 345 g/mol. The molecule has 2 rings (SSSR count). The summed E-state index contributed by atoms with van der Waals surface area (Å²) in [4.78, 5) is 15.6. The van der Waals surface area contributed by atoms with Crippen molar-refractivity contribution in [1.82, 2.24) is 4.98 Å². The third-order valence-electron chi connectivity index (χ3n) is 3.03. The molecular formula is C15H11ClF3NO3. The van der Waals surface area contributed by atoms with Crippen molar-refractivity contribution < 1.29 is 27.4 Å². The average Bonchev–Trinajstić information content (AvgIpc) is 2.53. The fraction of sp³-hybridized carbons (Fsp3) is 0.200. The van der Waals surface area contributed by atoms with Crippen molar-refractivity contribution in [3.8, 4) is 17.0 Å². The van der Waals surface area contributed by atoms with E-state index in [0.29, 0.717) is 5.56 Å². The normalized spacial score (nSPS) is 11.2. The van der Waals surface area contributed by atoms with Gasteiger partial charge in [-0.25, -0.2) is 9.78 Å². The first-order chi connectivity index (χ1) is 10.8. The lowest BCUT2D eigenvalue weighted by Crippen LogP contribution is -2.08. The second-order valence-electron chi connectivity index (χ2n) is 4.43. The van der Waals surface area contributed by atoms with E-state index in [1.165, 1.54) is 31.4 Å². The fourth-order valence-electron chi connectivity index (χ4n) is 1.93. The van der Waals surface area contributed by atoms with E-state index in [0.717, 1.165) is 13.2 Å². The van der Waals surface area contributed by atoms with Crippen LogP contribution in [0.1, 0.15) is 16.1 Å². The smallest absolute Gasteiger partial charge is 0.419 e. The highest BCUT2D eigenvalue weighted by Gasteiger charge is 2.34. The van der Waals surface area contributed by atoms with Crippen molar-refractivity contribution in [2.45, 2.75) is 6.18 Å². The molecule has 0 unspecified atom stereocenters. The molecule has 0 amide bonds. The van der Waals surface area contributed by atoms with Crippen molar-refractivity contribution in [3.05, 3.63) is 46.6 Å². The van der Waals surface area contributed by atoms with Gasteiger partial charge < -0.3 is 9.47 Å². The van der Waals surface area contributed by atoms with E-state index < -0.39 is 17.7 Å². The molecule has 0 aliphatic rings. The molecule has 23 heavy (non-hydrogen) atoms. The van der Waals surface area contributed by atoms with Crippen LogP contribution in [0.2, 0.25) is 5.02 Å². The van der Waals surface area contributed by atoms with Gasteiger partial charge in [0.15, 0.2) is 5.69 Å². The first kappa shape index (κ1) is 17.1. The fourth-order valence-corrected chi connectivity index (χ4v) is 2.11. The quantitative estimate of drug-likeness (QED) is 0.782. The summed E-state index contributed by atoms with van der Waals surface area (Å²) in [6, 6.07) is 6.22. The minimum atomic E-state index is -4.53. The number of alkyl halides is 3. The van der Waals surface area contributed by atoms with Crippen molar-refractivity contribution >= 4 is 17.6 Å². The highest BCUT2D eigenvalue weighted by atomic mass is 35.5. The van der Waals surface area contributed by atoms with Crippen molar-refractivity contribution in [1.29, 1.82) is 0 Å². The third kappa shape index (κ3) is 3.56. The van der Waals surface area contributed by atoms with Crippen LogP contribution in [0.25, 0.3) is 11.3 Å². The highest BCUT2D eigenvalue weighted by molar-refractivity contribution is 6.33. The number of esters is 1. The second-order valence-corrected chi connectivity index (χ2v) is 4.84. The third-order valence-corrected chi connectivity index (χ3v) is 3.33. The van der Waals surface area contributed by atoms with Gasteiger partial charge in [-0.1, -0.05) is 17.7 Å². The summed E-state index contributed by atoms with van der Waals surface area (Å²) < 4.78 is 47.9. The van der Waals surface area contributed by atoms with E-state index in [4.69, 9.17) is 16.3 Å². The van der Waals surface area contributed by atoms with Crippen LogP contribution >= 0.6 is 11.6 Å². The number of carbonyl (C=O) groups excluding carboxylic acids is 1. The van der Waals surface area contributed by atoms with E-state index in [2.05, 4.69) is 9.72 Å². The molecule has 0 atom stereocenters. The Hall–Kier alpha value is -2.28. The standard InChI is InChI=1S/C15H11ClF3NO3/c1-22-12-7-8(3-4-9(12)15(17,18)19)11-6-5-10(16)13(20-11)14(21)23-2/h3-7H,1-2H3. The van der Waals surface area contributed by atoms with E-state index in [1.807, 2.05) is 0 Å². The Kier molecular flexibility index (Phi) is 4.79. The van der Waals surface area contributed by atoms with Crippen LogP contribution in [-0.2, 0) is 10.9 Å². The number of hydrogen-bond acceptors (Lipinski definition) is 4. The van der Waals surface area contributed by atoms with Crippen LogP contribution in [-0.4, -0.2) is 25.2 Å². The molecule has 0 saturated carbocycles. The number of rotatable bonds is 3. The van der Waals surface area contributed by atoms with E-state index >= 15 is 0 Å². The van der Waals surface area contributed by atoms with Gasteiger partial charge in [0.1, 0.15) is 5.75 Å². The van der Waals surface area contributed by atoms with E-state index in [1.54, 1.807) is 0 Å². The molecule has 122 valence electrons. The Labute approximate surface area is 134 Å². The average molecular weight is 346 g/mol. The summed E-state index contributed by atoms with van der Waals surface area (Å²) >= 11 is 5.86. The molecule has 0 fully saturated rings. The van der Waals surface area contributed by atoms with Crippen molar-refractivity contribution in [3.63, 3.8) is 0 Å². The molecule has 0 bridgehead atoms. The zero-order valence-electron chi connectivity index (χ0n) is 12.1. The molecule has 0 aliphatic heterocycles. The van der Waals surface area contributed by atoms with E-state index in [-0.39, 0.29) is 22.2 Å². The zero-order valence-corrected chi connectivity index (χ0v) is 12.8. The van der Waals surface area contributed by atoms with Gasteiger partial charge in [-0.15, -0.1) is 0 Å². The zero-order chi connectivity index (χ0) is 17.2. The Bertz CT molecular complexity index is 747. The van der Waals surface area contributed by atoms with Gasteiger partial charge in [0.25, 0.3) is 0 Å². The number of pyridine rings is 1. The molecule has 1 aromatic carbocycles. The van der Waals surface area contributed by atoms with Crippen LogP contribution in [0.4, 0.5) is 13.2 Å². The minimum Gasteiger partial charge on any atom is -0.496 e. The van der Waals surface area contributed by atoms with Gasteiger partial charge in [-0.05, 0) is 24.3 Å². The van der Waals surface area contributed by atoms with Gasteiger partial charge in [0.2, 0.25) is 0 Å². The van der Waals surface area contributed by atoms with Crippen LogP contribution < -0.4 is 4.74 Å². The molecule has 8 heteroatoms. The summed E-state index contributed by atoms with van der Waals surface area (Å²) in [5, 5.41) is 0.0828. The molecule has 0 spiro atoms. The first-order valence-electron chi connectivity index (χ1n) is 6.28. The number of carbonyl (C=O) groups is 1. The highest BCUT2D eigenvalue weighted by Crippen LogP contribution is 2.38. The van der Waals surface area contributed by atoms with Gasteiger partial charge in [0.05, 0.1) is 30.5 Å². The van der Waals surface area contributed by atoms with E-state index in [9.17, 15) is 18.0 Å². The number of halogens is 4. The molecule has 2 aromatic rings. The molecule has 0 aliphatic carbocycles. The number of hydrogen-bond donors (Lipinski definition) is 0. The first-order valence-corrected chi connectivity index (χ1v) is 6.66. The maximum Gasteiger partial charge on any atom is 0.419 e. The van der Waals surface area contributed by atoms with Crippen LogP contribution in [0, 0.1) is 0 Å². The SMILES string of the molecule is COC(=O)c1nc(-c2ccc(C(F)(F)F)c(OC)c2)ccc1Cl. The molecule has 1 heterocycles. The molecule has 0 N–H and O–H groups in total. The summed E-state index contributed by atoms with van der Waals surface area (Å²) in [6.45, 7) is 0. The number of benzene rings is 1. The molecular weight excluding hydrogens is 335 g/mol. The summed E-state index contributed by atoms with van der Waals surface area (Å²) in [5.74, 6) is -1.08.